The molecule has 0 aliphatic rings. The number of rotatable bonds is 2. The first kappa shape index (κ1) is 14.4. The van der Waals surface area contributed by atoms with Gasteiger partial charge in [-0.15, -0.1) is 0 Å². The van der Waals surface area contributed by atoms with Crippen LogP contribution in [0.1, 0.15) is 5.56 Å². The van der Waals surface area contributed by atoms with Gasteiger partial charge in [0.15, 0.2) is 0 Å². The molecule has 2 N–H and O–H groups in total. The summed E-state index contributed by atoms with van der Waals surface area (Å²) in [5.74, 6) is 0. The van der Waals surface area contributed by atoms with Gasteiger partial charge in [-0.3, -0.25) is 5.32 Å². The molecule has 2 aromatic carbocycles. The largest absolute Gasteiger partial charge is 0.333 e. The van der Waals surface area contributed by atoms with Crippen LogP contribution in [0.2, 0.25) is 0 Å². The van der Waals surface area contributed by atoms with E-state index in [0.717, 1.165) is 17.0 Å². The molecule has 0 atom stereocenters. The highest BCUT2D eigenvalue weighted by Gasteiger charge is 2.12. The molecule has 0 aliphatic carbocycles. The minimum Gasteiger partial charge on any atom is -0.297 e. The highest BCUT2D eigenvalue weighted by atomic mass is 32.2. The highest BCUT2D eigenvalue weighted by Crippen LogP contribution is 2.18. The van der Waals surface area contributed by atoms with E-state index in [0.29, 0.717) is 5.56 Å². The number of fused-ring (bicyclic) bond motifs is 1. The molecule has 0 spiro atoms. The Kier molecular flexibility index (Phi) is 4.01. The summed E-state index contributed by atoms with van der Waals surface area (Å²) < 4.78 is 23.7. The molecule has 2 aromatic rings. The molecule has 0 radical (unpaired) electrons. The third kappa shape index (κ3) is 3.52. The molecule has 0 saturated heterocycles. The summed E-state index contributed by atoms with van der Waals surface area (Å²) in [6.45, 7) is 0. The van der Waals surface area contributed by atoms with Crippen LogP contribution in [-0.2, 0) is 10.0 Å². The van der Waals surface area contributed by atoms with Crippen LogP contribution in [-0.4, -0.2) is 25.7 Å². The van der Waals surface area contributed by atoms with Gasteiger partial charge in [-0.25, -0.2) is 17.9 Å². The van der Waals surface area contributed by atoms with E-state index >= 15 is 0 Å². The Morgan fingerprint density at radius 3 is 2.45 bits per heavy atom. The molecule has 0 heterocycles. The van der Waals surface area contributed by atoms with Crippen molar-refractivity contribution in [1.82, 2.24) is 10.0 Å². The lowest BCUT2D eigenvalue weighted by Crippen LogP contribution is -2.41. The van der Waals surface area contributed by atoms with Gasteiger partial charge in [-0.05, 0) is 10.8 Å². The molecule has 2 rings (SSSR count). The van der Waals surface area contributed by atoms with Crippen molar-refractivity contribution in [3.63, 3.8) is 0 Å². The Morgan fingerprint density at radius 1 is 1.10 bits per heavy atom. The third-order valence-corrected chi connectivity index (χ3v) is 3.42. The van der Waals surface area contributed by atoms with E-state index in [4.69, 9.17) is 12.2 Å². The number of carbonyl (C=O) groups is 1. The predicted octanol–water partition coefficient (Wildman–Crippen LogP) is 1.77. The van der Waals surface area contributed by atoms with Gasteiger partial charge in [0.2, 0.25) is 10.0 Å². The number of urea groups is 1. The zero-order valence-corrected chi connectivity index (χ0v) is 12.2. The zero-order valence-electron chi connectivity index (χ0n) is 10.6. The van der Waals surface area contributed by atoms with Crippen LogP contribution in [0, 0.1) is 0 Å². The molecule has 0 saturated carbocycles. The van der Waals surface area contributed by atoms with Gasteiger partial charge in [-0.1, -0.05) is 54.7 Å². The number of sulfonamides is 1. The van der Waals surface area contributed by atoms with E-state index in [1.54, 1.807) is 10.8 Å². The smallest absolute Gasteiger partial charge is 0.297 e. The topological polar surface area (TPSA) is 75.3 Å². The van der Waals surface area contributed by atoms with Crippen molar-refractivity contribution in [3.8, 4) is 0 Å². The molecule has 7 heteroatoms. The lowest BCUT2D eigenvalue weighted by Gasteiger charge is -2.10. The van der Waals surface area contributed by atoms with E-state index in [1.807, 2.05) is 36.4 Å². The van der Waals surface area contributed by atoms with Crippen LogP contribution in [0.3, 0.4) is 0 Å². The van der Waals surface area contributed by atoms with Gasteiger partial charge in [0.05, 0.1) is 6.26 Å². The first-order valence-electron chi connectivity index (χ1n) is 5.68. The zero-order chi connectivity index (χ0) is 14.8. The van der Waals surface area contributed by atoms with Crippen LogP contribution in [0.5, 0.6) is 0 Å². The van der Waals surface area contributed by atoms with Crippen molar-refractivity contribution in [1.29, 1.82) is 0 Å². The van der Waals surface area contributed by atoms with Gasteiger partial charge >= 0.3 is 6.03 Å². The summed E-state index contributed by atoms with van der Waals surface area (Å²) in [6, 6.07) is 12.2. The maximum absolute atomic E-state index is 11.5. The first-order chi connectivity index (χ1) is 9.37. The van der Waals surface area contributed by atoms with Crippen molar-refractivity contribution in [2.75, 3.05) is 6.26 Å². The molecule has 104 valence electrons. The van der Waals surface area contributed by atoms with Crippen molar-refractivity contribution >= 4 is 44.0 Å². The van der Waals surface area contributed by atoms with Crippen LogP contribution in [0.25, 0.3) is 10.8 Å². The molecule has 2 amide bonds. The number of amides is 2. The van der Waals surface area contributed by atoms with Crippen molar-refractivity contribution in [2.45, 2.75) is 0 Å². The Bertz CT molecular complexity index is 780. The number of nitrogens with one attached hydrogen (secondary N) is 2. The highest BCUT2D eigenvalue weighted by molar-refractivity contribution is 7.89. The molecular weight excluding hydrogens is 296 g/mol. The fourth-order valence-electron chi connectivity index (χ4n) is 1.79. The van der Waals surface area contributed by atoms with Crippen LogP contribution < -0.4 is 10.0 Å². The number of carbonyl (C=O) groups excluding carboxylic acids is 1. The second kappa shape index (κ2) is 5.56. The number of hydrogen-bond donors (Lipinski definition) is 2. The molecule has 0 aliphatic heterocycles. The second-order valence-electron chi connectivity index (χ2n) is 4.18. The van der Waals surface area contributed by atoms with Crippen molar-refractivity contribution < 1.29 is 13.2 Å². The lowest BCUT2D eigenvalue weighted by atomic mass is 10.0. The van der Waals surface area contributed by atoms with Gasteiger partial charge in [0.25, 0.3) is 0 Å². The van der Waals surface area contributed by atoms with E-state index in [-0.39, 0.29) is 4.99 Å². The summed E-state index contributed by atoms with van der Waals surface area (Å²) in [4.78, 5) is 11.7. The monoisotopic (exact) mass is 308 g/mol. The van der Waals surface area contributed by atoms with Gasteiger partial charge < -0.3 is 0 Å². The number of hydrogen-bond acceptors (Lipinski definition) is 4. The molecule has 0 fully saturated rings. The summed E-state index contributed by atoms with van der Waals surface area (Å²) in [7, 11) is -3.62. The van der Waals surface area contributed by atoms with E-state index in [2.05, 4.69) is 5.32 Å². The summed E-state index contributed by atoms with van der Waals surface area (Å²) in [5.41, 5.74) is 0.668. The average molecular weight is 308 g/mol. The van der Waals surface area contributed by atoms with E-state index in [9.17, 15) is 13.2 Å². The molecule has 5 nitrogen and oxygen atoms in total. The van der Waals surface area contributed by atoms with Gasteiger partial charge in [0, 0.05) is 5.56 Å². The van der Waals surface area contributed by atoms with Crippen molar-refractivity contribution in [2.24, 2.45) is 0 Å². The molecular formula is C13H12N2O3S2. The summed E-state index contributed by atoms with van der Waals surface area (Å²) >= 11 is 5.15. The molecule has 0 bridgehead atoms. The molecule has 20 heavy (non-hydrogen) atoms. The van der Waals surface area contributed by atoms with E-state index < -0.39 is 16.1 Å². The number of thiocarbonyl (C=S) groups is 1. The fraction of sp³-hybridized carbons (Fsp3) is 0.0769. The summed E-state index contributed by atoms with van der Waals surface area (Å²) in [6.07, 6.45) is 0.896. The minimum atomic E-state index is -3.62. The maximum atomic E-state index is 11.5. The minimum absolute atomic E-state index is 0.169. The number of benzene rings is 2. The molecule has 0 unspecified atom stereocenters. The van der Waals surface area contributed by atoms with Gasteiger partial charge in [0.1, 0.15) is 4.99 Å². The third-order valence-electron chi connectivity index (χ3n) is 2.54. The Morgan fingerprint density at radius 2 is 1.75 bits per heavy atom. The average Bonchev–Trinajstić information content (AvgIpc) is 2.35. The van der Waals surface area contributed by atoms with E-state index in [1.165, 1.54) is 0 Å². The van der Waals surface area contributed by atoms with Crippen LogP contribution in [0.4, 0.5) is 4.79 Å². The maximum Gasteiger partial charge on any atom is 0.333 e. The van der Waals surface area contributed by atoms with Gasteiger partial charge in [-0.2, -0.15) is 0 Å². The Hall–Kier alpha value is -1.99. The first-order valence-corrected chi connectivity index (χ1v) is 7.97. The lowest BCUT2D eigenvalue weighted by molar-refractivity contribution is 0.250. The fourth-order valence-corrected chi connectivity index (χ4v) is 2.45. The Balaban J connectivity index is 2.26. The second-order valence-corrected chi connectivity index (χ2v) is 6.34. The summed E-state index contributed by atoms with van der Waals surface area (Å²) in [5, 5.41) is 4.22. The van der Waals surface area contributed by atoms with Crippen LogP contribution >= 0.6 is 12.2 Å². The Labute approximate surface area is 122 Å². The quantitative estimate of drug-likeness (QED) is 0.829. The van der Waals surface area contributed by atoms with Crippen molar-refractivity contribution in [3.05, 3.63) is 48.0 Å². The SMILES string of the molecule is CS(=O)(=O)NC(=O)NC(=S)c1cccc2ccccc12. The molecule has 0 aromatic heterocycles. The standard InChI is InChI=1S/C13H12N2O3S2/c1-20(17,18)15-13(16)14-12(19)11-8-4-6-9-5-2-3-7-10(9)11/h2-8H,1H3,(H2,14,15,16,19). The van der Waals surface area contributed by atoms with Crippen LogP contribution in [0.15, 0.2) is 42.5 Å². The normalized spacial score (nSPS) is 11.1. The predicted molar refractivity (Wildman–Crippen MR) is 82.2 cm³/mol.